The third kappa shape index (κ3) is 4.79. The minimum absolute atomic E-state index is 0.143. The van der Waals surface area contributed by atoms with Crippen molar-refractivity contribution in [1.29, 1.82) is 0 Å². The highest BCUT2D eigenvalue weighted by Crippen LogP contribution is 2.38. The third-order valence-corrected chi connectivity index (χ3v) is 5.52. The molecule has 0 bridgehead atoms. The quantitative estimate of drug-likeness (QED) is 0.378. The van der Waals surface area contributed by atoms with Gasteiger partial charge >= 0.3 is 6.18 Å². The zero-order valence-electron chi connectivity index (χ0n) is 18.8. The van der Waals surface area contributed by atoms with Crippen LogP contribution in [-0.4, -0.2) is 36.4 Å². The topological polar surface area (TPSA) is 91.5 Å². The molecule has 1 aliphatic heterocycles. The third-order valence-electron chi connectivity index (χ3n) is 5.52. The second kappa shape index (κ2) is 9.13. The predicted molar refractivity (Wildman–Crippen MR) is 119 cm³/mol. The molecular formula is C23H24F4N4O3. The standard InChI is InChI=1S/C23H24F4N4O3/c1-11(15-6-13(28)7-17(21(15)24)23(25,26)27)29-22-16-8-20(34-14-4-5-33-10-14)19(32-3)9-18(16)30-12(2)31-22/h6-9,11,14H,4-5,10,28H2,1-3H3,(H,29,30,31)/t11-,14+/m1/s1. The second-order valence-electron chi connectivity index (χ2n) is 8.08. The molecule has 182 valence electrons. The maximum Gasteiger partial charge on any atom is 0.419 e. The molecule has 1 aliphatic rings. The molecule has 0 spiro atoms. The van der Waals surface area contributed by atoms with Crippen LogP contribution in [0.2, 0.25) is 0 Å². The molecule has 0 aliphatic carbocycles. The number of hydrogen-bond acceptors (Lipinski definition) is 7. The number of rotatable bonds is 6. The SMILES string of the molecule is COc1cc2nc(C)nc(N[C@H](C)c3cc(N)cc(C(F)(F)F)c3F)c2cc1O[C@H]1CCOC1. The summed E-state index contributed by atoms with van der Waals surface area (Å²) in [7, 11) is 1.51. The van der Waals surface area contributed by atoms with Crippen LogP contribution in [0.5, 0.6) is 11.5 Å². The number of fused-ring (bicyclic) bond motifs is 1. The minimum atomic E-state index is -4.88. The number of anilines is 2. The highest BCUT2D eigenvalue weighted by molar-refractivity contribution is 5.92. The van der Waals surface area contributed by atoms with Gasteiger partial charge in [-0.3, -0.25) is 0 Å². The van der Waals surface area contributed by atoms with Crippen LogP contribution in [0, 0.1) is 12.7 Å². The van der Waals surface area contributed by atoms with Gasteiger partial charge in [-0.2, -0.15) is 13.2 Å². The normalized spacial score (nSPS) is 17.1. The van der Waals surface area contributed by atoms with Crippen molar-refractivity contribution < 1.29 is 31.8 Å². The number of aryl methyl sites for hydroxylation is 1. The minimum Gasteiger partial charge on any atom is -0.493 e. The van der Waals surface area contributed by atoms with Gasteiger partial charge in [-0.05, 0) is 32.0 Å². The first-order valence-electron chi connectivity index (χ1n) is 10.6. The Morgan fingerprint density at radius 3 is 2.59 bits per heavy atom. The summed E-state index contributed by atoms with van der Waals surface area (Å²) < 4.78 is 71.4. The summed E-state index contributed by atoms with van der Waals surface area (Å²) >= 11 is 0. The average Bonchev–Trinajstić information content (AvgIpc) is 3.27. The van der Waals surface area contributed by atoms with E-state index >= 15 is 0 Å². The number of alkyl halides is 3. The van der Waals surface area contributed by atoms with E-state index in [4.69, 9.17) is 19.9 Å². The number of methoxy groups -OCH3 is 1. The van der Waals surface area contributed by atoms with Gasteiger partial charge in [0.2, 0.25) is 0 Å². The van der Waals surface area contributed by atoms with E-state index in [1.54, 1.807) is 19.1 Å². The number of hydrogen-bond donors (Lipinski definition) is 2. The van der Waals surface area contributed by atoms with Crippen molar-refractivity contribution in [2.24, 2.45) is 0 Å². The van der Waals surface area contributed by atoms with E-state index in [9.17, 15) is 17.6 Å². The maximum absolute atomic E-state index is 14.8. The molecule has 2 aromatic carbocycles. The van der Waals surface area contributed by atoms with Crippen LogP contribution >= 0.6 is 0 Å². The summed E-state index contributed by atoms with van der Waals surface area (Å²) in [6.45, 7) is 4.24. The molecule has 2 atom stereocenters. The van der Waals surface area contributed by atoms with Crippen LogP contribution in [0.3, 0.4) is 0 Å². The van der Waals surface area contributed by atoms with Crippen LogP contribution in [0.15, 0.2) is 24.3 Å². The Labute approximate surface area is 193 Å². The number of nitrogens with one attached hydrogen (secondary N) is 1. The summed E-state index contributed by atoms with van der Waals surface area (Å²) in [4.78, 5) is 8.82. The Morgan fingerprint density at radius 2 is 1.94 bits per heavy atom. The number of nitrogens with two attached hydrogens (primary N) is 1. The zero-order chi connectivity index (χ0) is 24.6. The molecule has 0 saturated carbocycles. The van der Waals surface area contributed by atoms with Crippen LogP contribution in [-0.2, 0) is 10.9 Å². The molecule has 0 amide bonds. The van der Waals surface area contributed by atoms with Crippen LogP contribution in [0.1, 0.15) is 36.3 Å². The Hall–Kier alpha value is -3.34. The number of benzene rings is 2. The van der Waals surface area contributed by atoms with Gasteiger partial charge in [0.1, 0.15) is 23.6 Å². The summed E-state index contributed by atoms with van der Waals surface area (Å²) in [5.74, 6) is 0.242. The Balaban J connectivity index is 1.75. The molecule has 0 radical (unpaired) electrons. The summed E-state index contributed by atoms with van der Waals surface area (Å²) in [6.07, 6.45) is -4.29. The van der Waals surface area contributed by atoms with E-state index in [1.165, 1.54) is 20.1 Å². The van der Waals surface area contributed by atoms with E-state index in [0.29, 0.717) is 53.3 Å². The molecule has 11 heteroatoms. The van der Waals surface area contributed by atoms with Crippen molar-refractivity contribution in [2.75, 3.05) is 31.4 Å². The largest absolute Gasteiger partial charge is 0.493 e. The lowest BCUT2D eigenvalue weighted by atomic mass is 10.0. The monoisotopic (exact) mass is 480 g/mol. The van der Waals surface area contributed by atoms with E-state index in [2.05, 4.69) is 15.3 Å². The second-order valence-corrected chi connectivity index (χ2v) is 8.08. The molecule has 0 unspecified atom stereocenters. The lowest BCUT2D eigenvalue weighted by molar-refractivity contribution is -0.140. The average molecular weight is 480 g/mol. The lowest BCUT2D eigenvalue weighted by Gasteiger charge is -2.21. The molecule has 1 fully saturated rings. The van der Waals surface area contributed by atoms with Gasteiger partial charge in [-0.15, -0.1) is 0 Å². The van der Waals surface area contributed by atoms with Crippen molar-refractivity contribution in [1.82, 2.24) is 9.97 Å². The fraction of sp³-hybridized carbons (Fsp3) is 0.391. The highest BCUT2D eigenvalue weighted by atomic mass is 19.4. The molecule has 3 aromatic rings. The molecule has 1 aromatic heterocycles. The number of halogens is 4. The smallest absolute Gasteiger partial charge is 0.419 e. The number of aromatic nitrogens is 2. The molecule has 1 saturated heterocycles. The van der Waals surface area contributed by atoms with Crippen molar-refractivity contribution in [3.63, 3.8) is 0 Å². The van der Waals surface area contributed by atoms with E-state index in [1.807, 2.05) is 0 Å². The Morgan fingerprint density at radius 1 is 1.18 bits per heavy atom. The molecular weight excluding hydrogens is 456 g/mol. The number of ether oxygens (including phenoxy) is 3. The van der Waals surface area contributed by atoms with Gasteiger partial charge in [0.05, 0.1) is 37.4 Å². The summed E-state index contributed by atoms with van der Waals surface area (Å²) in [5.41, 5.74) is 4.32. The maximum atomic E-state index is 14.8. The zero-order valence-corrected chi connectivity index (χ0v) is 18.8. The number of nitrogens with zero attached hydrogens (tertiary/aromatic N) is 2. The van der Waals surface area contributed by atoms with Gasteiger partial charge in [-0.1, -0.05) is 0 Å². The van der Waals surface area contributed by atoms with E-state index < -0.39 is 23.6 Å². The Kier molecular flexibility index (Phi) is 6.39. The first kappa shape index (κ1) is 23.8. The molecule has 3 N–H and O–H groups in total. The van der Waals surface area contributed by atoms with E-state index in [0.717, 1.165) is 6.42 Å². The fourth-order valence-corrected chi connectivity index (χ4v) is 3.87. The predicted octanol–water partition coefficient (Wildman–Crippen LogP) is 5.03. The van der Waals surface area contributed by atoms with Gasteiger partial charge in [0.15, 0.2) is 11.5 Å². The molecule has 2 heterocycles. The van der Waals surface area contributed by atoms with Crippen LogP contribution in [0.25, 0.3) is 10.9 Å². The van der Waals surface area contributed by atoms with Gasteiger partial charge in [0.25, 0.3) is 0 Å². The first-order valence-corrected chi connectivity index (χ1v) is 10.6. The van der Waals surface area contributed by atoms with Crippen LogP contribution in [0.4, 0.5) is 29.1 Å². The molecule has 7 nitrogen and oxygen atoms in total. The molecule has 34 heavy (non-hydrogen) atoms. The summed E-state index contributed by atoms with van der Waals surface area (Å²) in [6, 6.07) is 4.25. The van der Waals surface area contributed by atoms with Gasteiger partial charge in [-0.25, -0.2) is 14.4 Å². The van der Waals surface area contributed by atoms with Gasteiger partial charge < -0.3 is 25.3 Å². The first-order chi connectivity index (χ1) is 16.1. The molecule has 4 rings (SSSR count). The van der Waals surface area contributed by atoms with Gasteiger partial charge in [0, 0.05) is 29.1 Å². The number of nitrogen functional groups attached to an aromatic ring is 1. The summed E-state index contributed by atoms with van der Waals surface area (Å²) in [5, 5.41) is 3.55. The Bertz CT molecular complexity index is 1210. The van der Waals surface area contributed by atoms with E-state index in [-0.39, 0.29) is 17.4 Å². The fourth-order valence-electron chi connectivity index (χ4n) is 3.87. The van der Waals surface area contributed by atoms with Crippen LogP contribution < -0.4 is 20.5 Å². The lowest BCUT2D eigenvalue weighted by Crippen LogP contribution is -2.17. The van der Waals surface area contributed by atoms with Crippen molar-refractivity contribution in [2.45, 2.75) is 38.6 Å². The van der Waals surface area contributed by atoms with Crippen molar-refractivity contribution >= 4 is 22.4 Å². The van der Waals surface area contributed by atoms with Crippen molar-refractivity contribution in [3.05, 3.63) is 47.0 Å². The highest BCUT2D eigenvalue weighted by Gasteiger charge is 2.36. The van der Waals surface area contributed by atoms with Crippen molar-refractivity contribution in [3.8, 4) is 11.5 Å².